The van der Waals surface area contributed by atoms with Gasteiger partial charge >= 0.3 is 0 Å². The molecule has 2 aromatic carbocycles. The average molecular weight is 311 g/mol. The third kappa shape index (κ3) is 3.39. The first-order valence-electron chi connectivity index (χ1n) is 7.00. The van der Waals surface area contributed by atoms with Gasteiger partial charge in [0.25, 0.3) is 5.91 Å². The first-order valence-corrected chi connectivity index (χ1v) is 7.00. The summed E-state index contributed by atoms with van der Waals surface area (Å²) in [6.07, 6.45) is 0. The van der Waals surface area contributed by atoms with Crippen LogP contribution in [0.25, 0.3) is 11.4 Å². The van der Waals surface area contributed by atoms with Crippen molar-refractivity contribution < 1.29 is 9.18 Å². The van der Waals surface area contributed by atoms with Crippen molar-refractivity contribution in [1.29, 1.82) is 0 Å². The summed E-state index contributed by atoms with van der Waals surface area (Å²) in [4.78, 5) is 12.2. The van der Waals surface area contributed by atoms with Gasteiger partial charge in [-0.15, -0.1) is 10.2 Å². The SMILES string of the molecule is Cc1ccc(CNC(=O)c2cccc(-c3nn[nH]n3)c2)cc1F. The maximum atomic E-state index is 13.5. The van der Waals surface area contributed by atoms with Crippen molar-refractivity contribution in [2.75, 3.05) is 0 Å². The minimum absolute atomic E-state index is 0.252. The summed E-state index contributed by atoms with van der Waals surface area (Å²) in [5, 5.41) is 16.4. The molecule has 3 aromatic rings. The van der Waals surface area contributed by atoms with Crippen LogP contribution in [0.5, 0.6) is 0 Å². The van der Waals surface area contributed by atoms with Crippen molar-refractivity contribution in [1.82, 2.24) is 25.9 Å². The predicted molar refractivity (Wildman–Crippen MR) is 81.9 cm³/mol. The number of aryl methyl sites for hydroxylation is 1. The standard InChI is InChI=1S/C16H14FN5O/c1-10-5-6-11(7-14(10)17)9-18-16(23)13-4-2-3-12(8-13)15-19-21-22-20-15/h2-8H,9H2,1H3,(H,18,23)(H,19,20,21,22). The molecule has 7 heteroatoms. The highest BCUT2D eigenvalue weighted by molar-refractivity contribution is 5.95. The van der Waals surface area contributed by atoms with Crippen molar-refractivity contribution in [3.8, 4) is 11.4 Å². The quantitative estimate of drug-likeness (QED) is 0.774. The number of hydrogen-bond donors (Lipinski definition) is 2. The van der Waals surface area contributed by atoms with E-state index in [1.807, 2.05) is 0 Å². The first kappa shape index (κ1) is 14.8. The second kappa shape index (κ2) is 6.35. The van der Waals surface area contributed by atoms with Crippen LogP contribution in [0, 0.1) is 12.7 Å². The Hall–Kier alpha value is -3.09. The minimum Gasteiger partial charge on any atom is -0.348 e. The van der Waals surface area contributed by atoms with Crippen LogP contribution >= 0.6 is 0 Å². The number of tetrazole rings is 1. The minimum atomic E-state index is -0.282. The molecule has 0 bridgehead atoms. The van der Waals surface area contributed by atoms with E-state index in [2.05, 4.69) is 25.9 Å². The number of aromatic amines is 1. The molecule has 0 spiro atoms. The molecule has 0 saturated carbocycles. The van der Waals surface area contributed by atoms with Gasteiger partial charge < -0.3 is 5.32 Å². The summed E-state index contributed by atoms with van der Waals surface area (Å²) < 4.78 is 13.5. The number of amides is 1. The number of carbonyl (C=O) groups is 1. The highest BCUT2D eigenvalue weighted by atomic mass is 19.1. The molecule has 0 aliphatic rings. The number of aromatic nitrogens is 4. The third-order valence-electron chi connectivity index (χ3n) is 3.42. The lowest BCUT2D eigenvalue weighted by Gasteiger charge is -2.07. The summed E-state index contributed by atoms with van der Waals surface area (Å²) in [6.45, 7) is 1.95. The van der Waals surface area contributed by atoms with E-state index in [1.54, 1.807) is 43.3 Å². The Bertz CT molecular complexity index is 832. The maximum absolute atomic E-state index is 13.5. The van der Waals surface area contributed by atoms with E-state index >= 15 is 0 Å². The molecule has 0 fully saturated rings. The number of rotatable bonds is 4. The van der Waals surface area contributed by atoms with Crippen LogP contribution in [0.4, 0.5) is 4.39 Å². The molecule has 0 saturated heterocycles. The van der Waals surface area contributed by atoms with Crippen LogP contribution < -0.4 is 5.32 Å². The van der Waals surface area contributed by atoms with Crippen molar-refractivity contribution in [3.05, 3.63) is 65.0 Å². The van der Waals surface area contributed by atoms with Crippen LogP contribution in [0.1, 0.15) is 21.5 Å². The number of H-pyrrole nitrogens is 1. The van der Waals surface area contributed by atoms with Gasteiger partial charge in [-0.3, -0.25) is 4.79 Å². The molecule has 6 nitrogen and oxygen atoms in total. The molecule has 0 aliphatic carbocycles. The largest absolute Gasteiger partial charge is 0.348 e. The van der Waals surface area contributed by atoms with E-state index in [9.17, 15) is 9.18 Å². The molecular weight excluding hydrogens is 297 g/mol. The van der Waals surface area contributed by atoms with Gasteiger partial charge in [-0.1, -0.05) is 24.3 Å². The van der Waals surface area contributed by atoms with Gasteiger partial charge in [-0.2, -0.15) is 5.21 Å². The van der Waals surface area contributed by atoms with Gasteiger partial charge in [0, 0.05) is 17.7 Å². The van der Waals surface area contributed by atoms with Gasteiger partial charge in [0.15, 0.2) is 0 Å². The van der Waals surface area contributed by atoms with E-state index in [1.165, 1.54) is 6.07 Å². The van der Waals surface area contributed by atoms with E-state index in [0.29, 0.717) is 28.1 Å². The van der Waals surface area contributed by atoms with Crippen molar-refractivity contribution in [2.45, 2.75) is 13.5 Å². The molecule has 116 valence electrons. The molecule has 0 unspecified atom stereocenters. The number of nitrogens with zero attached hydrogens (tertiary/aromatic N) is 3. The number of hydrogen-bond acceptors (Lipinski definition) is 4. The zero-order chi connectivity index (χ0) is 16.2. The smallest absolute Gasteiger partial charge is 0.251 e. The van der Waals surface area contributed by atoms with Gasteiger partial charge in [-0.25, -0.2) is 4.39 Å². The molecule has 1 aromatic heterocycles. The van der Waals surface area contributed by atoms with Crippen LogP contribution in [-0.2, 0) is 6.54 Å². The third-order valence-corrected chi connectivity index (χ3v) is 3.42. The fourth-order valence-electron chi connectivity index (χ4n) is 2.11. The highest BCUT2D eigenvalue weighted by Gasteiger charge is 2.09. The summed E-state index contributed by atoms with van der Waals surface area (Å²) in [5.41, 5.74) is 2.44. The lowest BCUT2D eigenvalue weighted by atomic mass is 10.1. The molecule has 2 N–H and O–H groups in total. The van der Waals surface area contributed by atoms with Crippen molar-refractivity contribution in [3.63, 3.8) is 0 Å². The zero-order valence-electron chi connectivity index (χ0n) is 12.4. The van der Waals surface area contributed by atoms with Gasteiger partial charge in [0.1, 0.15) is 5.82 Å². The van der Waals surface area contributed by atoms with E-state index < -0.39 is 0 Å². The Morgan fingerprint density at radius 3 is 2.87 bits per heavy atom. The van der Waals surface area contributed by atoms with Gasteiger partial charge in [-0.05, 0) is 41.5 Å². The van der Waals surface area contributed by atoms with Crippen molar-refractivity contribution in [2.24, 2.45) is 0 Å². The molecule has 0 atom stereocenters. The van der Waals surface area contributed by atoms with Crippen molar-refractivity contribution >= 4 is 5.91 Å². The monoisotopic (exact) mass is 311 g/mol. The fourth-order valence-corrected chi connectivity index (χ4v) is 2.11. The Morgan fingerprint density at radius 1 is 1.26 bits per heavy atom. The van der Waals surface area contributed by atoms with Crippen LogP contribution in [0.3, 0.4) is 0 Å². The average Bonchev–Trinajstić information content (AvgIpc) is 3.10. The Balaban J connectivity index is 1.71. The molecule has 23 heavy (non-hydrogen) atoms. The number of carbonyl (C=O) groups excluding carboxylic acids is 1. The van der Waals surface area contributed by atoms with Crippen LogP contribution in [-0.4, -0.2) is 26.5 Å². The predicted octanol–water partition coefficient (Wildman–Crippen LogP) is 2.24. The molecule has 3 rings (SSSR count). The lowest BCUT2D eigenvalue weighted by molar-refractivity contribution is 0.0951. The molecule has 0 aliphatic heterocycles. The fraction of sp³-hybridized carbons (Fsp3) is 0.125. The number of nitrogens with one attached hydrogen (secondary N) is 2. The Kier molecular flexibility index (Phi) is 4.09. The van der Waals surface area contributed by atoms with Gasteiger partial charge in [0.2, 0.25) is 5.82 Å². The summed E-state index contributed by atoms with van der Waals surface area (Å²) >= 11 is 0. The molecule has 1 amide bonds. The lowest BCUT2D eigenvalue weighted by Crippen LogP contribution is -2.22. The number of benzene rings is 2. The Morgan fingerprint density at radius 2 is 2.13 bits per heavy atom. The van der Waals surface area contributed by atoms with E-state index in [-0.39, 0.29) is 18.3 Å². The summed E-state index contributed by atoms with van der Waals surface area (Å²) in [7, 11) is 0. The van der Waals surface area contributed by atoms with Crippen LogP contribution in [0.2, 0.25) is 0 Å². The first-order chi connectivity index (χ1) is 11.1. The second-order valence-electron chi connectivity index (χ2n) is 5.08. The highest BCUT2D eigenvalue weighted by Crippen LogP contribution is 2.15. The normalized spacial score (nSPS) is 10.5. The molecular formula is C16H14FN5O. The zero-order valence-corrected chi connectivity index (χ0v) is 12.4. The molecule has 0 radical (unpaired) electrons. The maximum Gasteiger partial charge on any atom is 0.251 e. The second-order valence-corrected chi connectivity index (χ2v) is 5.08. The summed E-state index contributed by atoms with van der Waals surface area (Å²) in [5.74, 6) is -0.118. The molecule has 1 heterocycles. The van der Waals surface area contributed by atoms with E-state index in [0.717, 1.165) is 0 Å². The summed E-state index contributed by atoms with van der Waals surface area (Å²) in [6, 6.07) is 11.8. The van der Waals surface area contributed by atoms with Crippen LogP contribution in [0.15, 0.2) is 42.5 Å². The Labute approximate surface area is 131 Å². The van der Waals surface area contributed by atoms with Gasteiger partial charge in [0.05, 0.1) is 0 Å². The topological polar surface area (TPSA) is 83.6 Å². The van der Waals surface area contributed by atoms with E-state index in [4.69, 9.17) is 0 Å². The number of halogens is 1.